The zero-order chi connectivity index (χ0) is 17.4. The van der Waals surface area contributed by atoms with E-state index in [-0.39, 0.29) is 12.3 Å². The number of nitrogens with one attached hydrogen (secondary N) is 1. The molecule has 1 N–H and O–H groups in total. The molecule has 24 heavy (non-hydrogen) atoms. The van der Waals surface area contributed by atoms with Crippen LogP contribution in [-0.2, 0) is 9.47 Å². The third-order valence-electron chi connectivity index (χ3n) is 3.03. The van der Waals surface area contributed by atoms with Gasteiger partial charge in [0.25, 0.3) is 0 Å². The minimum Gasteiger partial charge on any atom is -0.498 e. The number of rotatable bonds is 9. The Morgan fingerprint density at radius 1 is 1.29 bits per heavy atom. The number of benzene rings is 1. The van der Waals surface area contributed by atoms with Gasteiger partial charge in [0, 0.05) is 5.56 Å². The number of aromatic nitrogens is 3. The van der Waals surface area contributed by atoms with Gasteiger partial charge in [-0.1, -0.05) is 6.58 Å². The highest BCUT2D eigenvalue weighted by Crippen LogP contribution is 2.32. The van der Waals surface area contributed by atoms with Crippen molar-refractivity contribution in [3.05, 3.63) is 36.7 Å². The first-order chi connectivity index (χ1) is 11.7. The maximum absolute atomic E-state index is 11.9. The van der Waals surface area contributed by atoms with E-state index in [1.54, 1.807) is 25.1 Å². The Bertz CT molecular complexity index is 699. The van der Waals surface area contributed by atoms with Crippen LogP contribution in [0.15, 0.2) is 31.0 Å². The Balaban J connectivity index is 2.22. The molecule has 1 aromatic carbocycles. The van der Waals surface area contributed by atoms with Crippen molar-refractivity contribution in [3.8, 4) is 22.8 Å². The average molecular weight is 333 g/mol. The molecule has 0 aliphatic heterocycles. The fourth-order valence-electron chi connectivity index (χ4n) is 1.99. The summed E-state index contributed by atoms with van der Waals surface area (Å²) < 4.78 is 20.9. The summed E-state index contributed by atoms with van der Waals surface area (Å²) in [5.74, 6) is 0.515. The number of ether oxygens (including phenoxy) is 4. The van der Waals surface area contributed by atoms with E-state index in [4.69, 9.17) is 18.9 Å². The molecule has 1 aromatic heterocycles. The van der Waals surface area contributed by atoms with Gasteiger partial charge < -0.3 is 18.9 Å². The standard InChI is InChI=1S/C16H19N3O5/c1-4-22-8-9-24-12-7-6-11(10-13(12)21-3)14-15(18-19-17-14)16(20)23-5-2/h4,6-7,10H,1,5,8-9H2,2-3H3,(H,17,18,19). The van der Waals surface area contributed by atoms with Crippen LogP contribution in [0.2, 0.25) is 0 Å². The summed E-state index contributed by atoms with van der Waals surface area (Å²) in [6.45, 7) is 6.17. The number of hydrogen-bond donors (Lipinski definition) is 1. The highest BCUT2D eigenvalue weighted by molar-refractivity contribution is 5.94. The largest absolute Gasteiger partial charge is 0.498 e. The fraction of sp³-hybridized carbons (Fsp3) is 0.312. The van der Waals surface area contributed by atoms with E-state index in [0.29, 0.717) is 36.0 Å². The van der Waals surface area contributed by atoms with Gasteiger partial charge in [0.05, 0.1) is 20.0 Å². The highest BCUT2D eigenvalue weighted by atomic mass is 16.5. The molecule has 0 aliphatic carbocycles. The third-order valence-corrected chi connectivity index (χ3v) is 3.03. The maximum Gasteiger partial charge on any atom is 0.361 e. The zero-order valence-corrected chi connectivity index (χ0v) is 13.6. The molecule has 0 saturated carbocycles. The number of esters is 1. The zero-order valence-electron chi connectivity index (χ0n) is 13.6. The Morgan fingerprint density at radius 2 is 2.12 bits per heavy atom. The minimum absolute atomic E-state index is 0.118. The van der Waals surface area contributed by atoms with Gasteiger partial charge in [0.1, 0.15) is 18.9 Å². The van der Waals surface area contributed by atoms with Gasteiger partial charge in [-0.15, -0.1) is 5.10 Å². The summed E-state index contributed by atoms with van der Waals surface area (Å²) in [6.07, 6.45) is 1.35. The Morgan fingerprint density at radius 3 is 2.83 bits per heavy atom. The van der Waals surface area contributed by atoms with Crippen LogP contribution in [0, 0.1) is 0 Å². The van der Waals surface area contributed by atoms with Crippen molar-refractivity contribution in [3.63, 3.8) is 0 Å². The van der Waals surface area contributed by atoms with E-state index < -0.39 is 5.97 Å². The van der Waals surface area contributed by atoms with Crippen molar-refractivity contribution >= 4 is 5.97 Å². The molecule has 8 nitrogen and oxygen atoms in total. The smallest absolute Gasteiger partial charge is 0.361 e. The average Bonchev–Trinajstić information content (AvgIpc) is 3.09. The molecule has 0 atom stereocenters. The number of carbonyl (C=O) groups is 1. The summed E-state index contributed by atoms with van der Waals surface area (Å²) in [6, 6.07) is 5.20. The molecular formula is C16H19N3O5. The van der Waals surface area contributed by atoms with Crippen LogP contribution in [-0.4, -0.2) is 48.3 Å². The number of aromatic amines is 1. The molecule has 8 heteroatoms. The lowest BCUT2D eigenvalue weighted by Gasteiger charge is -2.11. The molecule has 0 saturated heterocycles. The number of hydrogen-bond acceptors (Lipinski definition) is 7. The van der Waals surface area contributed by atoms with Crippen LogP contribution in [0.1, 0.15) is 17.4 Å². The fourth-order valence-corrected chi connectivity index (χ4v) is 1.99. The number of H-pyrrole nitrogens is 1. The lowest BCUT2D eigenvalue weighted by molar-refractivity contribution is 0.0520. The molecule has 0 radical (unpaired) electrons. The second-order valence-corrected chi connectivity index (χ2v) is 4.49. The highest BCUT2D eigenvalue weighted by Gasteiger charge is 2.20. The molecule has 128 valence electrons. The van der Waals surface area contributed by atoms with E-state index in [9.17, 15) is 4.79 Å². The summed E-state index contributed by atoms with van der Waals surface area (Å²) in [5, 5.41) is 10.3. The third kappa shape index (κ3) is 4.03. The van der Waals surface area contributed by atoms with E-state index in [1.807, 2.05) is 0 Å². The molecule has 2 rings (SSSR count). The first kappa shape index (κ1) is 17.3. The first-order valence-corrected chi connectivity index (χ1v) is 7.32. The van der Waals surface area contributed by atoms with Gasteiger partial charge in [-0.3, -0.25) is 0 Å². The van der Waals surface area contributed by atoms with Crippen LogP contribution in [0.3, 0.4) is 0 Å². The van der Waals surface area contributed by atoms with Gasteiger partial charge in [-0.05, 0) is 25.1 Å². The molecule has 0 aliphatic rings. The first-order valence-electron chi connectivity index (χ1n) is 7.32. The van der Waals surface area contributed by atoms with Crippen molar-refractivity contribution in [2.45, 2.75) is 6.92 Å². The van der Waals surface area contributed by atoms with Crippen LogP contribution in [0.4, 0.5) is 0 Å². The second-order valence-electron chi connectivity index (χ2n) is 4.49. The summed E-state index contributed by atoms with van der Waals surface area (Å²) in [7, 11) is 1.53. The maximum atomic E-state index is 11.9. The lowest BCUT2D eigenvalue weighted by atomic mass is 10.1. The summed E-state index contributed by atoms with van der Waals surface area (Å²) in [5.41, 5.74) is 1.15. The monoisotopic (exact) mass is 333 g/mol. The van der Waals surface area contributed by atoms with Crippen LogP contribution < -0.4 is 9.47 Å². The number of methoxy groups -OCH3 is 1. The van der Waals surface area contributed by atoms with E-state index in [0.717, 1.165) is 0 Å². The molecule has 0 amide bonds. The van der Waals surface area contributed by atoms with Gasteiger partial charge in [0.2, 0.25) is 0 Å². The number of nitrogens with zero attached hydrogens (tertiary/aromatic N) is 2. The van der Waals surface area contributed by atoms with E-state index >= 15 is 0 Å². The molecule has 2 aromatic rings. The molecule has 0 bridgehead atoms. The molecule has 1 heterocycles. The van der Waals surface area contributed by atoms with Crippen molar-refractivity contribution < 1.29 is 23.7 Å². The van der Waals surface area contributed by atoms with Crippen molar-refractivity contribution in [1.29, 1.82) is 0 Å². The van der Waals surface area contributed by atoms with Gasteiger partial charge in [0.15, 0.2) is 17.2 Å². The summed E-state index contributed by atoms with van der Waals surface area (Å²) in [4.78, 5) is 11.9. The van der Waals surface area contributed by atoms with Gasteiger partial charge in [-0.25, -0.2) is 4.79 Å². The van der Waals surface area contributed by atoms with E-state index in [2.05, 4.69) is 22.0 Å². The van der Waals surface area contributed by atoms with Crippen LogP contribution in [0.25, 0.3) is 11.3 Å². The molecule has 0 fully saturated rings. The molecule has 0 spiro atoms. The van der Waals surface area contributed by atoms with Crippen molar-refractivity contribution in [2.24, 2.45) is 0 Å². The Labute approximate surface area is 139 Å². The Hall–Kier alpha value is -3.03. The quantitative estimate of drug-likeness (QED) is 0.427. The minimum atomic E-state index is -0.540. The lowest BCUT2D eigenvalue weighted by Crippen LogP contribution is -2.07. The van der Waals surface area contributed by atoms with Gasteiger partial charge >= 0.3 is 5.97 Å². The second kappa shape index (κ2) is 8.56. The molecular weight excluding hydrogens is 314 g/mol. The van der Waals surface area contributed by atoms with Crippen LogP contribution >= 0.6 is 0 Å². The summed E-state index contributed by atoms with van der Waals surface area (Å²) >= 11 is 0. The predicted octanol–water partition coefficient (Wildman–Crippen LogP) is 2.20. The predicted molar refractivity (Wildman–Crippen MR) is 86.0 cm³/mol. The normalized spacial score (nSPS) is 10.1. The van der Waals surface area contributed by atoms with Crippen molar-refractivity contribution in [2.75, 3.05) is 26.9 Å². The Kier molecular flexibility index (Phi) is 6.18. The number of carbonyl (C=O) groups excluding carboxylic acids is 1. The van der Waals surface area contributed by atoms with E-state index in [1.165, 1.54) is 13.4 Å². The topological polar surface area (TPSA) is 95.6 Å². The van der Waals surface area contributed by atoms with Crippen molar-refractivity contribution in [1.82, 2.24) is 15.4 Å². The molecule has 0 unspecified atom stereocenters. The van der Waals surface area contributed by atoms with Crippen LogP contribution in [0.5, 0.6) is 11.5 Å². The SMILES string of the molecule is C=COCCOc1ccc(-c2n[nH]nc2C(=O)OCC)cc1OC. The van der Waals surface area contributed by atoms with Gasteiger partial charge in [-0.2, -0.15) is 10.3 Å².